The van der Waals surface area contributed by atoms with Gasteiger partial charge in [0.1, 0.15) is 6.23 Å². The molecule has 0 rings (SSSR count). The van der Waals surface area contributed by atoms with Crippen molar-refractivity contribution in [2.45, 2.75) is 6.23 Å². The smallest absolute Gasteiger partial charge is 0.243 e. The Kier molecular flexibility index (Phi) is 17.4. The van der Waals surface area contributed by atoms with Crippen molar-refractivity contribution in [1.82, 2.24) is 16.0 Å². The molecule has 178 valence electrons. The fraction of sp³-hybridized carbons (Fsp3) is 0.619. The number of amides is 2. The molecule has 4 N–H and O–H groups in total. The van der Waals surface area contributed by atoms with E-state index >= 15 is 0 Å². The molecule has 1 atom stereocenters. The van der Waals surface area contributed by atoms with Crippen LogP contribution in [0, 0.1) is 5.41 Å². The van der Waals surface area contributed by atoms with Gasteiger partial charge in [0.25, 0.3) is 0 Å². The van der Waals surface area contributed by atoms with E-state index in [-0.39, 0.29) is 31.6 Å². The molecule has 1 unspecified atom stereocenters. The average Bonchev–Trinajstić information content (AvgIpc) is 2.77. The number of carbonyl (C=O) groups excluding carboxylic acids is 2. The van der Waals surface area contributed by atoms with Crippen molar-refractivity contribution in [2.24, 2.45) is 5.41 Å². The molecule has 0 aliphatic rings. The van der Waals surface area contributed by atoms with Crippen molar-refractivity contribution in [3.8, 4) is 0 Å². The summed E-state index contributed by atoms with van der Waals surface area (Å²) in [6.45, 7) is 13.5. The van der Waals surface area contributed by atoms with Gasteiger partial charge in [-0.3, -0.25) is 14.9 Å². The third kappa shape index (κ3) is 15.4. The second kappa shape index (κ2) is 18.7. The van der Waals surface area contributed by atoms with Gasteiger partial charge >= 0.3 is 0 Å². The molecule has 0 radical (unpaired) electrons. The van der Waals surface area contributed by atoms with E-state index in [1.165, 1.54) is 18.2 Å². The molecule has 10 nitrogen and oxygen atoms in total. The van der Waals surface area contributed by atoms with E-state index in [1.54, 1.807) is 7.11 Å². The molecule has 0 fully saturated rings. The molecule has 0 aromatic carbocycles. The van der Waals surface area contributed by atoms with Gasteiger partial charge in [0.05, 0.1) is 51.7 Å². The minimum absolute atomic E-state index is 0.269. The summed E-state index contributed by atoms with van der Waals surface area (Å²) < 4.78 is 22.6. The number of aliphatic hydroxyl groups is 1. The van der Waals surface area contributed by atoms with Crippen LogP contribution in [-0.2, 0) is 28.5 Å². The Bertz CT molecular complexity index is 513. The Balaban J connectivity index is 4.66. The molecule has 0 spiro atoms. The number of ether oxygens (including phenoxy) is 4. The van der Waals surface area contributed by atoms with Crippen LogP contribution in [0.1, 0.15) is 0 Å². The molecule has 0 saturated carbocycles. The number of hydrogen-bond acceptors (Lipinski definition) is 8. The summed E-state index contributed by atoms with van der Waals surface area (Å²) in [6, 6.07) is 0. The normalized spacial score (nSPS) is 12.1. The van der Waals surface area contributed by atoms with Gasteiger partial charge < -0.3 is 34.7 Å². The van der Waals surface area contributed by atoms with Crippen molar-refractivity contribution in [3.63, 3.8) is 0 Å². The summed E-state index contributed by atoms with van der Waals surface area (Å²) in [4.78, 5) is 22.4. The average molecular weight is 444 g/mol. The van der Waals surface area contributed by atoms with Crippen LogP contribution in [0.4, 0.5) is 0 Å². The lowest BCUT2D eigenvalue weighted by Gasteiger charge is -2.32. The monoisotopic (exact) mass is 443 g/mol. The minimum Gasteiger partial charge on any atom is -0.384 e. The van der Waals surface area contributed by atoms with Crippen molar-refractivity contribution in [1.29, 1.82) is 0 Å². The summed E-state index contributed by atoms with van der Waals surface area (Å²) >= 11 is 0. The van der Waals surface area contributed by atoms with Crippen LogP contribution < -0.4 is 16.0 Å². The number of aliphatic hydroxyl groups excluding tert-OH is 1. The van der Waals surface area contributed by atoms with E-state index in [2.05, 4.69) is 35.7 Å². The van der Waals surface area contributed by atoms with Crippen LogP contribution in [0.5, 0.6) is 0 Å². The molecule has 0 bridgehead atoms. The number of hydrogen-bond donors (Lipinski definition) is 4. The topological polar surface area (TPSA) is 127 Å². The van der Waals surface area contributed by atoms with Gasteiger partial charge in [-0.05, 0) is 18.2 Å². The predicted octanol–water partition coefficient (Wildman–Crippen LogP) is -0.633. The molecule has 0 heterocycles. The maximum absolute atomic E-state index is 11.2. The Morgan fingerprint density at radius 1 is 0.871 bits per heavy atom. The van der Waals surface area contributed by atoms with E-state index in [0.717, 1.165) is 0 Å². The van der Waals surface area contributed by atoms with Crippen molar-refractivity contribution < 1.29 is 33.6 Å². The number of rotatable bonds is 21. The van der Waals surface area contributed by atoms with Gasteiger partial charge in [-0.25, -0.2) is 0 Å². The third-order valence-corrected chi connectivity index (χ3v) is 3.96. The van der Waals surface area contributed by atoms with E-state index in [9.17, 15) is 14.7 Å². The van der Waals surface area contributed by atoms with Crippen molar-refractivity contribution in [3.05, 3.63) is 38.0 Å². The Labute approximate surface area is 184 Å². The first kappa shape index (κ1) is 28.9. The van der Waals surface area contributed by atoms with E-state index in [1.807, 2.05) is 0 Å². The standard InChI is InChI=1S/C21H37N3O7/c1-5-18(25)22-8-11-29-15-21(14-28-4,16-30-12-9-23-19(26)6-2)17-31-13-10-24-20(27)7-3/h5-7,18,22,25H,1-3,8-17H2,4H3,(H,23,26)(H,24,27). The lowest BCUT2D eigenvalue weighted by atomic mass is 9.92. The van der Waals surface area contributed by atoms with Crippen LogP contribution in [-0.4, -0.2) is 96.1 Å². The number of nitrogens with one attached hydrogen (secondary N) is 3. The summed E-state index contributed by atoms with van der Waals surface area (Å²) in [6.07, 6.45) is 2.97. The molecule has 0 saturated heterocycles. The molecule has 0 aromatic rings. The molecule has 0 aliphatic carbocycles. The summed E-state index contributed by atoms with van der Waals surface area (Å²) in [5.41, 5.74) is -0.601. The van der Waals surface area contributed by atoms with Crippen LogP contribution in [0.25, 0.3) is 0 Å². The second-order valence-corrected chi connectivity index (χ2v) is 6.72. The number of carbonyl (C=O) groups is 2. The Morgan fingerprint density at radius 2 is 1.32 bits per heavy atom. The highest BCUT2D eigenvalue weighted by atomic mass is 16.5. The fourth-order valence-corrected chi connectivity index (χ4v) is 2.42. The van der Waals surface area contributed by atoms with Crippen LogP contribution in [0.3, 0.4) is 0 Å². The lowest BCUT2D eigenvalue weighted by Crippen LogP contribution is -2.43. The molecule has 10 heteroatoms. The number of methoxy groups -OCH3 is 1. The second-order valence-electron chi connectivity index (χ2n) is 6.72. The zero-order chi connectivity index (χ0) is 23.4. The first-order valence-electron chi connectivity index (χ1n) is 9.99. The SMILES string of the molecule is C=CC(=O)NCCOCC(COC)(COCCNC(=O)C=C)COCCNC(O)C=C. The van der Waals surface area contributed by atoms with Gasteiger partial charge in [0.15, 0.2) is 0 Å². The molecule has 0 aromatic heterocycles. The van der Waals surface area contributed by atoms with Gasteiger partial charge in [0, 0.05) is 26.7 Å². The highest BCUT2D eigenvalue weighted by Crippen LogP contribution is 2.20. The minimum atomic E-state index is -0.796. The Hall–Kier alpha value is -2.08. The van der Waals surface area contributed by atoms with Crippen molar-refractivity contribution in [2.75, 3.05) is 73.0 Å². The summed E-state index contributed by atoms with van der Waals surface area (Å²) in [7, 11) is 1.57. The molecule has 2 amide bonds. The maximum atomic E-state index is 11.2. The Morgan fingerprint density at radius 3 is 1.71 bits per heavy atom. The van der Waals surface area contributed by atoms with Gasteiger partial charge in [0.2, 0.25) is 11.8 Å². The summed E-state index contributed by atoms with van der Waals surface area (Å²) in [5, 5.41) is 17.5. The zero-order valence-corrected chi connectivity index (χ0v) is 18.4. The lowest BCUT2D eigenvalue weighted by molar-refractivity contribution is -0.117. The van der Waals surface area contributed by atoms with Crippen LogP contribution >= 0.6 is 0 Å². The molecular weight excluding hydrogens is 406 g/mol. The third-order valence-electron chi connectivity index (χ3n) is 3.96. The fourth-order valence-electron chi connectivity index (χ4n) is 2.42. The zero-order valence-electron chi connectivity index (χ0n) is 18.4. The van der Waals surface area contributed by atoms with Gasteiger partial charge in [-0.2, -0.15) is 0 Å². The van der Waals surface area contributed by atoms with E-state index < -0.39 is 11.6 Å². The largest absolute Gasteiger partial charge is 0.384 e. The van der Waals surface area contributed by atoms with Gasteiger partial charge in [-0.1, -0.05) is 19.7 Å². The van der Waals surface area contributed by atoms with E-state index in [4.69, 9.17) is 18.9 Å². The van der Waals surface area contributed by atoms with Gasteiger partial charge in [-0.15, -0.1) is 0 Å². The predicted molar refractivity (Wildman–Crippen MR) is 117 cm³/mol. The maximum Gasteiger partial charge on any atom is 0.243 e. The first-order valence-corrected chi connectivity index (χ1v) is 9.99. The van der Waals surface area contributed by atoms with Crippen molar-refractivity contribution >= 4 is 11.8 Å². The first-order chi connectivity index (χ1) is 14.9. The highest BCUT2D eigenvalue weighted by molar-refractivity contribution is 5.87. The quantitative estimate of drug-likeness (QED) is 0.0799. The summed E-state index contributed by atoms with van der Waals surface area (Å²) in [5.74, 6) is -0.539. The molecular formula is C21H37N3O7. The van der Waals surface area contributed by atoms with E-state index in [0.29, 0.717) is 46.1 Å². The van der Waals surface area contributed by atoms with Crippen LogP contribution in [0.2, 0.25) is 0 Å². The molecule has 31 heavy (non-hydrogen) atoms. The highest BCUT2D eigenvalue weighted by Gasteiger charge is 2.32. The molecule has 0 aliphatic heterocycles. The van der Waals surface area contributed by atoms with Crippen LogP contribution in [0.15, 0.2) is 38.0 Å².